The summed E-state index contributed by atoms with van der Waals surface area (Å²) in [4.78, 5) is 29.1. The molecule has 4 unspecified atom stereocenters. The average molecular weight is 480 g/mol. The van der Waals surface area contributed by atoms with Crippen LogP contribution >= 0.6 is 0 Å². The molecule has 2 aromatic carbocycles. The van der Waals surface area contributed by atoms with Gasteiger partial charge in [0, 0.05) is 6.54 Å². The summed E-state index contributed by atoms with van der Waals surface area (Å²) in [6.07, 6.45) is -0.603. The Balaban J connectivity index is 1.41. The van der Waals surface area contributed by atoms with Gasteiger partial charge in [0.15, 0.2) is 23.0 Å². The molecule has 0 aromatic heterocycles. The fourth-order valence-electron chi connectivity index (χ4n) is 5.55. The molecule has 8 heteroatoms. The van der Waals surface area contributed by atoms with Crippen molar-refractivity contribution in [1.82, 2.24) is 4.90 Å². The molecule has 3 heterocycles. The van der Waals surface area contributed by atoms with Gasteiger partial charge in [-0.2, -0.15) is 0 Å². The molecule has 1 aliphatic carbocycles. The molecule has 0 spiro atoms. The van der Waals surface area contributed by atoms with Crippen molar-refractivity contribution in [2.24, 2.45) is 5.92 Å². The molecule has 1 amide bonds. The van der Waals surface area contributed by atoms with Gasteiger partial charge in [-0.15, -0.1) is 0 Å². The number of hydrogen-bond acceptors (Lipinski definition) is 6. The van der Waals surface area contributed by atoms with Crippen molar-refractivity contribution >= 4 is 11.7 Å². The average Bonchev–Trinajstić information content (AvgIpc) is 3.43. The van der Waals surface area contributed by atoms with Crippen molar-refractivity contribution in [2.45, 2.75) is 51.0 Å². The van der Waals surface area contributed by atoms with Crippen LogP contribution < -0.4 is 14.2 Å². The van der Waals surface area contributed by atoms with E-state index in [2.05, 4.69) is 0 Å². The van der Waals surface area contributed by atoms with E-state index in [-0.39, 0.29) is 37.2 Å². The fourth-order valence-corrected chi connectivity index (χ4v) is 5.55. The summed E-state index contributed by atoms with van der Waals surface area (Å²) in [5.41, 5.74) is 1.90. The maximum Gasteiger partial charge on any atom is 0.290 e. The summed E-state index contributed by atoms with van der Waals surface area (Å²) in [5.74, 6) is 0.926. The van der Waals surface area contributed by atoms with E-state index >= 15 is 0 Å². The lowest BCUT2D eigenvalue weighted by atomic mass is 9.77. The Labute approximate surface area is 202 Å². The molecule has 0 radical (unpaired) electrons. The van der Waals surface area contributed by atoms with Crippen molar-refractivity contribution in [2.75, 3.05) is 13.4 Å². The van der Waals surface area contributed by atoms with Crippen LogP contribution in [0.4, 0.5) is 4.39 Å². The molecular weight excluding hydrogens is 453 g/mol. The third-order valence-electron chi connectivity index (χ3n) is 7.15. The Morgan fingerprint density at radius 1 is 1.09 bits per heavy atom. The Bertz CT molecular complexity index is 1230. The maximum absolute atomic E-state index is 14.2. The Morgan fingerprint density at radius 2 is 1.94 bits per heavy atom. The van der Waals surface area contributed by atoms with E-state index in [9.17, 15) is 14.0 Å². The predicted octanol–water partition coefficient (Wildman–Crippen LogP) is 4.26. The van der Waals surface area contributed by atoms with Crippen molar-refractivity contribution in [3.8, 4) is 17.2 Å². The van der Waals surface area contributed by atoms with Crippen LogP contribution in [0.15, 0.2) is 53.8 Å². The van der Waals surface area contributed by atoms with Gasteiger partial charge in [-0.3, -0.25) is 9.59 Å². The minimum atomic E-state index is -1.03. The van der Waals surface area contributed by atoms with Crippen molar-refractivity contribution in [3.63, 3.8) is 0 Å². The van der Waals surface area contributed by atoms with Crippen molar-refractivity contribution in [1.29, 1.82) is 0 Å². The quantitative estimate of drug-likeness (QED) is 0.638. The number of carbonyl (C=O) groups excluding carboxylic acids is 2. The second-order valence-electron chi connectivity index (χ2n) is 9.31. The number of carbonyl (C=O) groups is 2. The number of halogens is 1. The van der Waals surface area contributed by atoms with Crippen molar-refractivity contribution < 1.29 is 32.9 Å². The number of nitrogens with zero attached hydrogens (tertiary/aromatic N) is 1. The maximum atomic E-state index is 14.2. The van der Waals surface area contributed by atoms with Gasteiger partial charge < -0.3 is 23.8 Å². The smallest absolute Gasteiger partial charge is 0.290 e. The molecule has 0 bridgehead atoms. The van der Waals surface area contributed by atoms with Crippen LogP contribution in [0.2, 0.25) is 0 Å². The number of ether oxygens (including phenoxy) is 4. The molecule has 6 rings (SSSR count). The van der Waals surface area contributed by atoms with E-state index < -0.39 is 24.2 Å². The van der Waals surface area contributed by atoms with Crippen LogP contribution in [-0.2, 0) is 20.9 Å². The van der Waals surface area contributed by atoms with E-state index in [1.807, 2.05) is 49.4 Å². The van der Waals surface area contributed by atoms with E-state index in [4.69, 9.17) is 18.9 Å². The second kappa shape index (κ2) is 8.59. The molecule has 2 aromatic rings. The lowest BCUT2D eigenvalue weighted by Crippen LogP contribution is -2.42. The SMILES string of the molecule is CCOc1cccc(C2C3=C(OC4CCC(F)CC4C3=O)C(=O)N2Cc2ccc3c(c2)OCO3)c1. The van der Waals surface area contributed by atoms with Crippen LogP contribution in [0.1, 0.15) is 43.4 Å². The summed E-state index contributed by atoms with van der Waals surface area (Å²) in [6, 6.07) is 12.3. The summed E-state index contributed by atoms with van der Waals surface area (Å²) in [5, 5.41) is 0. The highest BCUT2D eigenvalue weighted by Crippen LogP contribution is 2.48. The number of alkyl halides is 1. The summed E-state index contributed by atoms with van der Waals surface area (Å²) in [7, 11) is 0. The first kappa shape index (κ1) is 21.9. The number of Topliss-reactive ketones (excluding diaryl/α,β-unsaturated/α-hetero) is 1. The Hall–Kier alpha value is -3.55. The molecular formula is C27H26FNO6. The summed E-state index contributed by atoms with van der Waals surface area (Å²) < 4.78 is 37.0. The van der Waals surface area contributed by atoms with Gasteiger partial charge in [-0.05, 0) is 61.6 Å². The number of benzene rings is 2. The van der Waals surface area contributed by atoms with Crippen LogP contribution in [-0.4, -0.2) is 42.3 Å². The highest BCUT2D eigenvalue weighted by atomic mass is 19.1. The van der Waals surface area contributed by atoms with E-state index in [1.165, 1.54) is 0 Å². The van der Waals surface area contributed by atoms with Gasteiger partial charge >= 0.3 is 0 Å². The number of amides is 1. The van der Waals surface area contributed by atoms with Gasteiger partial charge in [0.05, 0.1) is 24.1 Å². The first-order valence-corrected chi connectivity index (χ1v) is 12.0. The van der Waals surface area contributed by atoms with Gasteiger partial charge in [-0.1, -0.05) is 18.2 Å². The third-order valence-corrected chi connectivity index (χ3v) is 7.15. The van der Waals surface area contributed by atoms with Crippen molar-refractivity contribution in [3.05, 3.63) is 64.9 Å². The first-order valence-electron chi connectivity index (χ1n) is 12.0. The van der Waals surface area contributed by atoms with Crippen LogP contribution in [0.3, 0.4) is 0 Å². The van der Waals surface area contributed by atoms with Gasteiger partial charge in [0.1, 0.15) is 18.0 Å². The van der Waals surface area contributed by atoms with Gasteiger partial charge in [0.2, 0.25) is 6.79 Å². The number of fused-ring (bicyclic) bond motifs is 2. The zero-order valence-electron chi connectivity index (χ0n) is 19.4. The zero-order valence-corrected chi connectivity index (χ0v) is 19.4. The molecule has 182 valence electrons. The Kier molecular flexibility index (Phi) is 5.39. The molecule has 1 fully saturated rings. The molecule has 1 saturated carbocycles. The van der Waals surface area contributed by atoms with E-state index in [0.717, 1.165) is 11.1 Å². The minimum Gasteiger partial charge on any atom is -0.494 e. The Morgan fingerprint density at radius 3 is 2.80 bits per heavy atom. The van der Waals surface area contributed by atoms with E-state index in [0.29, 0.717) is 42.3 Å². The standard InChI is InChI=1S/C27H26FNO6/c1-2-32-18-5-3-4-16(11-18)24-23-25(30)19-12-17(28)7-9-20(19)35-26(23)27(31)29(24)13-15-6-8-21-22(10-15)34-14-33-21/h3-6,8,10-11,17,19-20,24H,2,7,9,12-14H2,1H3. The topological polar surface area (TPSA) is 74.3 Å². The summed E-state index contributed by atoms with van der Waals surface area (Å²) in [6.45, 7) is 2.79. The number of rotatable bonds is 5. The third kappa shape index (κ3) is 3.72. The second-order valence-corrected chi connectivity index (χ2v) is 9.31. The monoisotopic (exact) mass is 479 g/mol. The lowest BCUT2D eigenvalue weighted by molar-refractivity contribution is -0.136. The number of ketones is 1. The van der Waals surface area contributed by atoms with E-state index in [1.54, 1.807) is 4.90 Å². The molecule has 4 aliphatic rings. The lowest BCUT2D eigenvalue weighted by Gasteiger charge is -2.36. The zero-order chi connectivity index (χ0) is 24.1. The fraction of sp³-hybridized carbons (Fsp3) is 0.407. The normalized spacial score (nSPS) is 27.0. The molecule has 35 heavy (non-hydrogen) atoms. The first-order chi connectivity index (χ1) is 17.0. The van der Waals surface area contributed by atoms with Crippen LogP contribution in [0.5, 0.6) is 17.2 Å². The molecule has 3 aliphatic heterocycles. The molecule has 4 atom stereocenters. The van der Waals surface area contributed by atoms with Gasteiger partial charge in [0.25, 0.3) is 5.91 Å². The highest BCUT2D eigenvalue weighted by molar-refractivity contribution is 6.11. The molecule has 7 nitrogen and oxygen atoms in total. The van der Waals surface area contributed by atoms with Crippen LogP contribution in [0, 0.1) is 5.92 Å². The summed E-state index contributed by atoms with van der Waals surface area (Å²) >= 11 is 0. The minimum absolute atomic E-state index is 0.0983. The highest BCUT2D eigenvalue weighted by Gasteiger charge is 2.53. The number of hydrogen-bond donors (Lipinski definition) is 0. The molecule has 0 N–H and O–H groups in total. The predicted molar refractivity (Wildman–Crippen MR) is 123 cm³/mol. The molecule has 0 saturated heterocycles. The largest absolute Gasteiger partial charge is 0.494 e. The van der Waals surface area contributed by atoms with Gasteiger partial charge in [-0.25, -0.2) is 4.39 Å². The van der Waals surface area contributed by atoms with Crippen LogP contribution in [0.25, 0.3) is 0 Å².